The van der Waals surface area contributed by atoms with E-state index in [0.717, 1.165) is 28.3 Å². The van der Waals surface area contributed by atoms with E-state index in [1.807, 2.05) is 26.8 Å². The molecule has 0 saturated carbocycles. The van der Waals surface area contributed by atoms with Crippen molar-refractivity contribution in [2.75, 3.05) is 31.6 Å². The number of nitrogens with zero attached hydrogens (tertiary/aromatic N) is 2. The van der Waals surface area contributed by atoms with E-state index < -0.39 is 28.5 Å². The molecule has 0 unspecified atom stereocenters. The van der Waals surface area contributed by atoms with Gasteiger partial charge in [0.25, 0.3) is 10.0 Å². The van der Waals surface area contributed by atoms with Gasteiger partial charge in [0.05, 0.1) is 24.8 Å². The fourth-order valence-corrected chi connectivity index (χ4v) is 6.87. The number of sulfonamides is 1. The van der Waals surface area contributed by atoms with Crippen LogP contribution >= 0.6 is 23.2 Å². The Hall–Kier alpha value is -3.47. The second-order valence-corrected chi connectivity index (χ2v) is 13.4. The number of rotatable bonds is 15. The van der Waals surface area contributed by atoms with Gasteiger partial charge in [0.1, 0.15) is 12.6 Å². The predicted molar refractivity (Wildman–Crippen MR) is 179 cm³/mol. The van der Waals surface area contributed by atoms with E-state index in [2.05, 4.69) is 5.32 Å². The van der Waals surface area contributed by atoms with Crippen LogP contribution < -0.4 is 19.1 Å². The Balaban J connectivity index is 2.14. The van der Waals surface area contributed by atoms with E-state index >= 15 is 0 Å². The minimum atomic E-state index is -4.32. The molecule has 1 N–H and O–H groups in total. The number of hydrogen-bond acceptors (Lipinski definition) is 6. The highest BCUT2D eigenvalue weighted by atomic mass is 35.5. The summed E-state index contributed by atoms with van der Waals surface area (Å²) in [5.74, 6) is -0.331. The Bertz CT molecular complexity index is 1600. The van der Waals surface area contributed by atoms with Gasteiger partial charge in [-0.2, -0.15) is 0 Å². The number of amides is 2. The largest absolute Gasteiger partial charge is 0.493 e. The average molecular weight is 679 g/mol. The third kappa shape index (κ3) is 9.05. The number of carbonyl (C=O) groups excluding carboxylic acids is 2. The minimum absolute atomic E-state index is 0.0361. The van der Waals surface area contributed by atoms with Gasteiger partial charge in [-0.05, 0) is 79.8 Å². The van der Waals surface area contributed by atoms with Gasteiger partial charge in [0, 0.05) is 29.2 Å². The molecule has 0 heterocycles. The van der Waals surface area contributed by atoms with Crippen molar-refractivity contribution in [2.45, 2.75) is 64.4 Å². The number of benzene rings is 3. The lowest BCUT2D eigenvalue weighted by molar-refractivity contribution is -0.140. The Morgan fingerprint density at radius 2 is 1.58 bits per heavy atom. The Morgan fingerprint density at radius 3 is 2.16 bits per heavy atom. The maximum Gasteiger partial charge on any atom is 0.264 e. The molecule has 0 radical (unpaired) electrons. The molecule has 0 aliphatic carbocycles. The van der Waals surface area contributed by atoms with Crippen LogP contribution in [0.1, 0.15) is 49.8 Å². The normalized spacial score (nSPS) is 11.9. The molecule has 0 saturated heterocycles. The SMILES string of the molecule is CCCCNC(=O)[C@H](CC)N(Cc1ccc(Cl)cc1Cl)C(=O)CN(c1cc(C)cc(C)c1)S(=O)(=O)c1ccc(OC)c(OC)c1. The van der Waals surface area contributed by atoms with Crippen LogP contribution in [0.15, 0.2) is 59.5 Å². The van der Waals surface area contributed by atoms with Crippen molar-refractivity contribution >= 4 is 50.7 Å². The Kier molecular flexibility index (Phi) is 13.0. The zero-order valence-electron chi connectivity index (χ0n) is 26.5. The molecular formula is C33H41Cl2N3O6S. The Morgan fingerprint density at radius 1 is 0.911 bits per heavy atom. The van der Waals surface area contributed by atoms with Crippen LogP contribution in [0.25, 0.3) is 0 Å². The molecule has 0 fully saturated rings. The van der Waals surface area contributed by atoms with Gasteiger partial charge >= 0.3 is 0 Å². The first-order chi connectivity index (χ1) is 21.4. The summed E-state index contributed by atoms with van der Waals surface area (Å²) in [6.07, 6.45) is 1.96. The molecule has 0 aliphatic rings. The highest BCUT2D eigenvalue weighted by molar-refractivity contribution is 7.92. The minimum Gasteiger partial charge on any atom is -0.493 e. The molecule has 3 aromatic rings. The summed E-state index contributed by atoms with van der Waals surface area (Å²) in [5.41, 5.74) is 2.50. The molecule has 3 aromatic carbocycles. The third-order valence-corrected chi connectivity index (χ3v) is 9.64. The van der Waals surface area contributed by atoms with E-state index in [0.29, 0.717) is 40.0 Å². The second-order valence-electron chi connectivity index (χ2n) is 10.7. The van der Waals surface area contributed by atoms with Crippen LogP contribution in [-0.4, -0.2) is 58.5 Å². The molecule has 0 aliphatic heterocycles. The molecule has 0 bridgehead atoms. The summed E-state index contributed by atoms with van der Waals surface area (Å²) in [4.78, 5) is 29.0. The van der Waals surface area contributed by atoms with Crippen molar-refractivity contribution in [3.05, 3.63) is 81.3 Å². The van der Waals surface area contributed by atoms with E-state index in [4.69, 9.17) is 32.7 Å². The molecule has 12 heteroatoms. The van der Waals surface area contributed by atoms with Crippen molar-refractivity contribution in [3.8, 4) is 11.5 Å². The summed E-state index contributed by atoms with van der Waals surface area (Å²) >= 11 is 12.6. The maximum atomic E-state index is 14.3. The monoisotopic (exact) mass is 677 g/mol. The highest BCUT2D eigenvalue weighted by Crippen LogP contribution is 2.33. The van der Waals surface area contributed by atoms with Gasteiger partial charge in [-0.25, -0.2) is 8.42 Å². The zero-order valence-corrected chi connectivity index (χ0v) is 28.9. The molecule has 9 nitrogen and oxygen atoms in total. The lowest BCUT2D eigenvalue weighted by atomic mass is 10.1. The van der Waals surface area contributed by atoms with Crippen LogP contribution in [-0.2, 0) is 26.2 Å². The summed E-state index contributed by atoms with van der Waals surface area (Å²) in [5, 5.41) is 3.66. The number of ether oxygens (including phenoxy) is 2. The van der Waals surface area contributed by atoms with Crippen LogP contribution in [0.4, 0.5) is 5.69 Å². The van der Waals surface area contributed by atoms with Crippen molar-refractivity contribution in [1.82, 2.24) is 10.2 Å². The van der Waals surface area contributed by atoms with Crippen molar-refractivity contribution in [1.29, 1.82) is 0 Å². The first kappa shape index (κ1) is 36.0. The summed E-state index contributed by atoms with van der Waals surface area (Å²) in [6, 6.07) is 13.6. The van der Waals surface area contributed by atoms with Gasteiger partial charge in [-0.1, -0.05) is 55.6 Å². The van der Waals surface area contributed by atoms with Gasteiger partial charge in [-0.3, -0.25) is 13.9 Å². The zero-order chi connectivity index (χ0) is 33.3. The van der Waals surface area contributed by atoms with E-state index in [1.54, 1.807) is 37.3 Å². The number of carbonyl (C=O) groups is 2. The van der Waals surface area contributed by atoms with Crippen LogP contribution in [0.3, 0.4) is 0 Å². The van der Waals surface area contributed by atoms with E-state index in [9.17, 15) is 18.0 Å². The molecule has 0 spiro atoms. The summed E-state index contributed by atoms with van der Waals surface area (Å²) in [6.45, 7) is 7.36. The van der Waals surface area contributed by atoms with Crippen LogP contribution in [0, 0.1) is 13.8 Å². The lowest BCUT2D eigenvalue weighted by Crippen LogP contribution is -2.52. The van der Waals surface area contributed by atoms with Crippen molar-refractivity contribution < 1.29 is 27.5 Å². The number of nitrogens with one attached hydrogen (secondary N) is 1. The predicted octanol–water partition coefficient (Wildman–Crippen LogP) is 6.55. The number of anilines is 1. The summed E-state index contributed by atoms with van der Waals surface area (Å²) < 4.78 is 40.4. The van der Waals surface area contributed by atoms with Crippen molar-refractivity contribution in [2.24, 2.45) is 0 Å². The second kappa shape index (κ2) is 16.2. The fraction of sp³-hybridized carbons (Fsp3) is 0.394. The molecule has 1 atom stereocenters. The topological polar surface area (TPSA) is 105 Å². The van der Waals surface area contributed by atoms with Gasteiger partial charge in [0.2, 0.25) is 11.8 Å². The van der Waals surface area contributed by atoms with Crippen LogP contribution in [0.5, 0.6) is 11.5 Å². The molecular weight excluding hydrogens is 637 g/mol. The van der Waals surface area contributed by atoms with Gasteiger partial charge < -0.3 is 19.7 Å². The molecule has 45 heavy (non-hydrogen) atoms. The Labute approximate surface area is 276 Å². The first-order valence-corrected chi connectivity index (χ1v) is 16.9. The fourth-order valence-electron chi connectivity index (χ4n) is 4.99. The van der Waals surface area contributed by atoms with Crippen molar-refractivity contribution in [3.63, 3.8) is 0 Å². The summed E-state index contributed by atoms with van der Waals surface area (Å²) in [7, 11) is -1.46. The number of hydrogen-bond donors (Lipinski definition) is 1. The highest BCUT2D eigenvalue weighted by Gasteiger charge is 2.34. The smallest absolute Gasteiger partial charge is 0.264 e. The first-order valence-electron chi connectivity index (χ1n) is 14.7. The van der Waals surface area contributed by atoms with Gasteiger partial charge in [0.15, 0.2) is 11.5 Å². The van der Waals surface area contributed by atoms with E-state index in [1.165, 1.54) is 37.3 Å². The molecule has 244 valence electrons. The number of methoxy groups -OCH3 is 2. The molecule has 2 amide bonds. The standard InChI is InChI=1S/C33H41Cl2N3O6S/c1-7-9-14-36-33(40)29(8-2)37(20-24-10-11-25(34)18-28(24)35)32(39)21-38(26-16-22(3)15-23(4)17-26)45(41,42)27-12-13-30(43-5)31(19-27)44-6/h10-13,15-19,29H,7-9,14,20-21H2,1-6H3,(H,36,40)/t29-/m0/s1. The van der Waals surface area contributed by atoms with Gasteiger partial charge in [-0.15, -0.1) is 0 Å². The van der Waals surface area contributed by atoms with E-state index in [-0.39, 0.29) is 23.1 Å². The average Bonchev–Trinajstić information content (AvgIpc) is 2.99. The quantitative estimate of drug-likeness (QED) is 0.183. The number of aryl methyl sites for hydroxylation is 2. The molecule has 0 aromatic heterocycles. The lowest BCUT2D eigenvalue weighted by Gasteiger charge is -2.33. The van der Waals surface area contributed by atoms with Crippen LogP contribution in [0.2, 0.25) is 10.0 Å². The molecule has 3 rings (SSSR count). The number of halogens is 2. The maximum absolute atomic E-state index is 14.3. The number of unbranched alkanes of at least 4 members (excludes halogenated alkanes) is 1. The third-order valence-electron chi connectivity index (χ3n) is 7.29.